The van der Waals surface area contributed by atoms with Crippen molar-refractivity contribution in [2.24, 2.45) is 0 Å². The molecule has 0 saturated heterocycles. The molecule has 0 fully saturated rings. The number of ether oxygens (including phenoxy) is 1. The molecule has 2 aromatic carbocycles. The van der Waals surface area contributed by atoms with E-state index in [4.69, 9.17) is 16.3 Å². The summed E-state index contributed by atoms with van der Waals surface area (Å²) in [6, 6.07) is 13.7. The second-order valence-corrected chi connectivity index (χ2v) is 8.57. The Morgan fingerprint density at radius 2 is 2.00 bits per heavy atom. The molecule has 0 bridgehead atoms. The quantitative estimate of drug-likeness (QED) is 0.745. The van der Waals surface area contributed by atoms with Crippen molar-refractivity contribution in [2.75, 3.05) is 24.5 Å². The molecule has 0 radical (unpaired) electrons. The number of halogens is 1. The summed E-state index contributed by atoms with van der Waals surface area (Å²) in [6.45, 7) is 5.61. The molecule has 0 amide bonds. The SMILES string of the molecule is CC(C)OCCCNC1c2ccccc2N(C)S(=O)c2cc(Cl)ccc21. The first-order chi connectivity index (χ1) is 12.5. The summed E-state index contributed by atoms with van der Waals surface area (Å²) in [6.07, 6.45) is 1.16. The highest BCUT2D eigenvalue weighted by Gasteiger charge is 2.29. The van der Waals surface area contributed by atoms with E-state index >= 15 is 0 Å². The highest BCUT2D eigenvalue weighted by atomic mass is 35.5. The van der Waals surface area contributed by atoms with Crippen LogP contribution in [-0.4, -0.2) is 30.5 Å². The van der Waals surface area contributed by atoms with Crippen LogP contribution in [0.1, 0.15) is 37.4 Å². The lowest BCUT2D eigenvalue weighted by atomic mass is 9.97. The molecule has 2 aromatic rings. The number of nitrogens with one attached hydrogen (secondary N) is 1. The fraction of sp³-hybridized carbons (Fsp3) is 0.400. The molecular weight excluding hydrogens is 368 g/mol. The molecule has 3 rings (SSSR count). The molecule has 140 valence electrons. The highest BCUT2D eigenvalue weighted by Crippen LogP contribution is 2.39. The van der Waals surface area contributed by atoms with Crippen LogP contribution < -0.4 is 9.62 Å². The van der Waals surface area contributed by atoms with Gasteiger partial charge in [-0.1, -0.05) is 35.9 Å². The van der Waals surface area contributed by atoms with Gasteiger partial charge in [-0.2, -0.15) is 0 Å². The molecule has 0 saturated carbocycles. The number of rotatable bonds is 6. The van der Waals surface area contributed by atoms with Gasteiger partial charge in [0.05, 0.1) is 22.7 Å². The Hall–Kier alpha value is -1.40. The fourth-order valence-corrected chi connectivity index (χ4v) is 4.67. The molecule has 1 aliphatic rings. The lowest BCUT2D eigenvalue weighted by molar-refractivity contribution is 0.0768. The molecule has 0 aromatic heterocycles. The summed E-state index contributed by atoms with van der Waals surface area (Å²) in [5.41, 5.74) is 3.09. The van der Waals surface area contributed by atoms with Gasteiger partial charge in [-0.15, -0.1) is 0 Å². The number of hydrogen-bond acceptors (Lipinski definition) is 3. The topological polar surface area (TPSA) is 41.6 Å². The van der Waals surface area contributed by atoms with Crippen LogP contribution in [0.2, 0.25) is 5.02 Å². The maximum Gasteiger partial charge on any atom is 0.153 e. The maximum atomic E-state index is 13.1. The van der Waals surface area contributed by atoms with Gasteiger partial charge >= 0.3 is 0 Å². The van der Waals surface area contributed by atoms with Crippen molar-refractivity contribution >= 4 is 28.3 Å². The minimum absolute atomic E-state index is 0.0357. The molecule has 2 atom stereocenters. The van der Waals surface area contributed by atoms with E-state index in [1.165, 1.54) is 0 Å². The van der Waals surface area contributed by atoms with Crippen molar-refractivity contribution < 1.29 is 8.95 Å². The normalized spacial score (nSPS) is 19.2. The van der Waals surface area contributed by atoms with Crippen LogP contribution >= 0.6 is 11.6 Å². The Morgan fingerprint density at radius 3 is 2.77 bits per heavy atom. The van der Waals surface area contributed by atoms with Gasteiger partial charge in [0, 0.05) is 18.7 Å². The van der Waals surface area contributed by atoms with E-state index in [1.807, 2.05) is 61.6 Å². The van der Waals surface area contributed by atoms with Crippen LogP contribution in [0.15, 0.2) is 47.4 Å². The van der Waals surface area contributed by atoms with Crippen molar-refractivity contribution in [3.05, 3.63) is 58.6 Å². The number of fused-ring (bicyclic) bond motifs is 2. The third kappa shape index (κ3) is 4.12. The Balaban J connectivity index is 1.93. The first-order valence-electron chi connectivity index (χ1n) is 8.88. The Bertz CT molecular complexity index is 797. The molecule has 0 spiro atoms. The smallest absolute Gasteiger partial charge is 0.153 e. The summed E-state index contributed by atoms with van der Waals surface area (Å²) < 4.78 is 20.5. The summed E-state index contributed by atoms with van der Waals surface area (Å²) in [7, 11) is 0.559. The lowest BCUT2D eigenvalue weighted by Crippen LogP contribution is -2.25. The minimum Gasteiger partial charge on any atom is -0.379 e. The Labute approximate surface area is 163 Å². The van der Waals surface area contributed by atoms with Gasteiger partial charge in [-0.3, -0.25) is 4.31 Å². The zero-order valence-corrected chi connectivity index (χ0v) is 16.9. The number of benzene rings is 2. The lowest BCUT2D eigenvalue weighted by Gasteiger charge is -2.22. The fourth-order valence-electron chi connectivity index (χ4n) is 3.18. The third-order valence-corrected chi connectivity index (χ3v) is 6.09. The number of para-hydroxylation sites is 1. The summed E-state index contributed by atoms with van der Waals surface area (Å²) in [4.78, 5) is 0.757. The van der Waals surface area contributed by atoms with E-state index in [1.54, 1.807) is 0 Å². The summed E-state index contributed by atoms with van der Waals surface area (Å²) in [5, 5.41) is 4.22. The van der Waals surface area contributed by atoms with Gasteiger partial charge in [0.1, 0.15) is 0 Å². The molecular formula is C20H25ClN2O2S. The van der Waals surface area contributed by atoms with Gasteiger partial charge in [0.15, 0.2) is 11.0 Å². The van der Waals surface area contributed by atoms with Crippen LogP contribution in [-0.2, 0) is 15.7 Å². The monoisotopic (exact) mass is 392 g/mol. The average molecular weight is 393 g/mol. The van der Waals surface area contributed by atoms with Gasteiger partial charge in [0.2, 0.25) is 0 Å². The molecule has 2 unspecified atom stereocenters. The van der Waals surface area contributed by atoms with Crippen LogP contribution in [0.5, 0.6) is 0 Å². The molecule has 6 heteroatoms. The van der Waals surface area contributed by atoms with Crippen LogP contribution in [0.4, 0.5) is 5.69 Å². The molecule has 0 aliphatic carbocycles. The number of nitrogens with zero attached hydrogens (tertiary/aromatic N) is 1. The second kappa shape index (κ2) is 8.53. The number of hydrogen-bond donors (Lipinski definition) is 1. The van der Waals surface area contributed by atoms with Gasteiger partial charge in [-0.05, 0) is 56.1 Å². The zero-order chi connectivity index (χ0) is 18.7. The second-order valence-electron chi connectivity index (χ2n) is 6.65. The largest absolute Gasteiger partial charge is 0.379 e. The van der Waals surface area contributed by atoms with E-state index in [2.05, 4.69) is 11.4 Å². The van der Waals surface area contributed by atoms with Gasteiger partial charge in [-0.25, -0.2) is 4.21 Å². The van der Waals surface area contributed by atoms with E-state index in [0.717, 1.165) is 41.3 Å². The van der Waals surface area contributed by atoms with E-state index in [0.29, 0.717) is 5.02 Å². The summed E-state index contributed by atoms with van der Waals surface area (Å²) >= 11 is 6.19. The molecule has 1 heterocycles. The average Bonchev–Trinajstić information content (AvgIpc) is 2.71. The van der Waals surface area contributed by atoms with E-state index in [9.17, 15) is 4.21 Å². The standard InChI is InChI=1S/C20H25ClN2O2S/c1-14(2)25-12-6-11-22-20-16-7-4-5-8-18(16)23(3)26(24)19-13-15(21)9-10-17(19)20/h4-5,7-10,13-14,20,22H,6,11-12H2,1-3H3. The number of anilines is 1. The highest BCUT2D eigenvalue weighted by molar-refractivity contribution is 7.86. The van der Waals surface area contributed by atoms with Crippen LogP contribution in [0.25, 0.3) is 0 Å². The van der Waals surface area contributed by atoms with Crippen molar-refractivity contribution in [3.8, 4) is 0 Å². The van der Waals surface area contributed by atoms with Crippen molar-refractivity contribution in [1.82, 2.24) is 5.32 Å². The molecule has 26 heavy (non-hydrogen) atoms. The minimum atomic E-state index is -1.30. The van der Waals surface area contributed by atoms with Crippen molar-refractivity contribution in [3.63, 3.8) is 0 Å². The van der Waals surface area contributed by atoms with Crippen LogP contribution in [0.3, 0.4) is 0 Å². The van der Waals surface area contributed by atoms with Crippen LogP contribution in [0, 0.1) is 0 Å². The Morgan fingerprint density at radius 1 is 1.23 bits per heavy atom. The molecule has 1 N–H and O–H groups in total. The molecule has 1 aliphatic heterocycles. The predicted molar refractivity (Wildman–Crippen MR) is 108 cm³/mol. The Kier molecular flexibility index (Phi) is 6.35. The first kappa shape index (κ1) is 19.4. The summed E-state index contributed by atoms with van der Waals surface area (Å²) in [5.74, 6) is 0. The van der Waals surface area contributed by atoms with Crippen molar-refractivity contribution in [2.45, 2.75) is 37.3 Å². The first-order valence-corrected chi connectivity index (χ1v) is 10.4. The third-order valence-electron chi connectivity index (χ3n) is 4.43. The van der Waals surface area contributed by atoms with Gasteiger partial charge in [0.25, 0.3) is 0 Å². The predicted octanol–water partition coefficient (Wildman–Crippen LogP) is 4.31. The zero-order valence-electron chi connectivity index (χ0n) is 15.4. The molecule has 4 nitrogen and oxygen atoms in total. The maximum absolute atomic E-state index is 13.1. The van der Waals surface area contributed by atoms with Gasteiger partial charge < -0.3 is 10.1 Å². The van der Waals surface area contributed by atoms with Crippen molar-refractivity contribution in [1.29, 1.82) is 0 Å². The van der Waals surface area contributed by atoms with E-state index < -0.39 is 11.0 Å². The van der Waals surface area contributed by atoms with E-state index in [-0.39, 0.29) is 12.1 Å².